The summed E-state index contributed by atoms with van der Waals surface area (Å²) in [6.45, 7) is 1.88. The minimum atomic E-state index is 0.463. The molecule has 2 rings (SSSR count). The first-order valence-electron chi connectivity index (χ1n) is 5.01. The molecular formula is C12H8N4S2. The fourth-order valence-electron chi connectivity index (χ4n) is 1.27. The molecule has 88 valence electrons. The first-order valence-corrected chi connectivity index (χ1v) is 6.77. The van der Waals surface area contributed by atoms with Gasteiger partial charge in [0.25, 0.3) is 0 Å². The van der Waals surface area contributed by atoms with Gasteiger partial charge < -0.3 is 5.32 Å². The zero-order valence-corrected chi connectivity index (χ0v) is 11.1. The third kappa shape index (κ3) is 2.57. The molecule has 0 bridgehead atoms. The van der Waals surface area contributed by atoms with Crippen molar-refractivity contribution in [1.82, 2.24) is 4.98 Å². The van der Waals surface area contributed by atoms with Gasteiger partial charge in [-0.2, -0.15) is 10.5 Å². The molecular weight excluding hydrogens is 264 g/mol. The number of thiazole rings is 1. The Labute approximate surface area is 112 Å². The molecule has 0 radical (unpaired) electrons. The van der Waals surface area contributed by atoms with Crippen molar-refractivity contribution < 1.29 is 0 Å². The van der Waals surface area contributed by atoms with Gasteiger partial charge in [-0.05, 0) is 18.4 Å². The van der Waals surface area contributed by atoms with Crippen molar-refractivity contribution in [1.29, 1.82) is 10.5 Å². The number of anilines is 1. The maximum atomic E-state index is 9.09. The third-order valence-corrected chi connectivity index (χ3v) is 3.94. The maximum absolute atomic E-state index is 9.09. The van der Waals surface area contributed by atoms with Crippen LogP contribution in [0.1, 0.15) is 16.3 Å². The Morgan fingerprint density at radius 1 is 1.44 bits per heavy atom. The first kappa shape index (κ1) is 12.3. The molecule has 6 heteroatoms. The summed E-state index contributed by atoms with van der Waals surface area (Å²) < 4.78 is 0. The normalized spacial score (nSPS) is 10.7. The Bertz CT molecular complexity index is 667. The van der Waals surface area contributed by atoms with E-state index in [0.717, 1.165) is 10.7 Å². The Balaban J connectivity index is 2.23. The minimum absolute atomic E-state index is 0.463. The Morgan fingerprint density at radius 2 is 2.28 bits per heavy atom. The van der Waals surface area contributed by atoms with Crippen LogP contribution in [0, 0.1) is 29.6 Å². The monoisotopic (exact) mass is 272 g/mol. The van der Waals surface area contributed by atoms with Crippen molar-refractivity contribution >= 4 is 33.2 Å². The average molecular weight is 272 g/mol. The molecule has 2 aromatic heterocycles. The van der Waals surface area contributed by atoms with Crippen LogP contribution >= 0.6 is 22.7 Å². The van der Waals surface area contributed by atoms with E-state index in [9.17, 15) is 0 Å². The van der Waals surface area contributed by atoms with Crippen LogP contribution in [0.15, 0.2) is 23.0 Å². The van der Waals surface area contributed by atoms with Gasteiger partial charge >= 0.3 is 0 Å². The number of aryl methyl sites for hydroxylation is 1. The van der Waals surface area contributed by atoms with E-state index in [0.29, 0.717) is 16.1 Å². The zero-order chi connectivity index (χ0) is 13.0. The summed E-state index contributed by atoms with van der Waals surface area (Å²) in [7, 11) is 0. The molecule has 0 aliphatic rings. The van der Waals surface area contributed by atoms with Crippen molar-refractivity contribution in [3.05, 3.63) is 39.3 Å². The predicted octanol–water partition coefficient (Wildman–Crippen LogP) is 3.36. The van der Waals surface area contributed by atoms with Crippen molar-refractivity contribution in [3.63, 3.8) is 0 Å². The molecule has 2 aromatic rings. The lowest BCUT2D eigenvalue weighted by atomic mass is 10.3. The van der Waals surface area contributed by atoms with Crippen LogP contribution in [-0.2, 0) is 0 Å². The van der Waals surface area contributed by atoms with E-state index in [1.807, 2.05) is 17.7 Å². The molecule has 0 fully saturated rings. The molecule has 0 amide bonds. The lowest BCUT2D eigenvalue weighted by molar-refractivity contribution is 1.24. The summed E-state index contributed by atoms with van der Waals surface area (Å²) in [4.78, 5) is 4.25. The summed E-state index contributed by atoms with van der Waals surface area (Å²) in [5.74, 6) is 0. The van der Waals surface area contributed by atoms with E-state index in [-0.39, 0.29) is 0 Å². The number of nitriles is 2. The second-order valence-corrected chi connectivity index (χ2v) is 5.16. The first-order chi connectivity index (χ1) is 8.74. The van der Waals surface area contributed by atoms with E-state index >= 15 is 0 Å². The lowest BCUT2D eigenvalue weighted by Gasteiger charge is -1.97. The fourth-order valence-corrected chi connectivity index (χ4v) is 2.74. The molecule has 0 spiro atoms. The summed E-state index contributed by atoms with van der Waals surface area (Å²) in [5, 5.41) is 26.1. The Hall–Kier alpha value is -2.15. The van der Waals surface area contributed by atoms with Crippen LogP contribution in [0.5, 0.6) is 0 Å². The third-order valence-electron chi connectivity index (χ3n) is 2.10. The van der Waals surface area contributed by atoms with E-state index < -0.39 is 0 Å². The highest BCUT2D eigenvalue weighted by Crippen LogP contribution is 2.24. The fraction of sp³-hybridized carbons (Fsp3) is 0.0833. The van der Waals surface area contributed by atoms with Gasteiger partial charge in [0.1, 0.15) is 27.7 Å². The van der Waals surface area contributed by atoms with Gasteiger partial charge in [-0.1, -0.05) is 0 Å². The highest BCUT2D eigenvalue weighted by atomic mass is 32.1. The zero-order valence-electron chi connectivity index (χ0n) is 9.47. The van der Waals surface area contributed by atoms with Gasteiger partial charge in [-0.3, -0.25) is 0 Å². The molecule has 4 nitrogen and oxygen atoms in total. The molecule has 0 aliphatic carbocycles. The summed E-state index contributed by atoms with van der Waals surface area (Å²) in [6, 6.07) is 5.92. The van der Waals surface area contributed by atoms with E-state index in [1.54, 1.807) is 12.3 Å². The lowest BCUT2D eigenvalue weighted by Crippen LogP contribution is -1.90. The number of allylic oxidation sites excluding steroid dienone is 1. The number of hydrogen-bond acceptors (Lipinski definition) is 6. The van der Waals surface area contributed by atoms with Crippen LogP contribution in [0.3, 0.4) is 0 Å². The molecule has 0 unspecified atom stereocenters. The van der Waals surface area contributed by atoms with Crippen molar-refractivity contribution in [2.75, 3.05) is 5.32 Å². The van der Waals surface area contributed by atoms with E-state index in [1.165, 1.54) is 22.7 Å². The molecule has 0 aliphatic heterocycles. The summed E-state index contributed by atoms with van der Waals surface area (Å²) in [5.41, 5.74) is 1.93. The van der Waals surface area contributed by atoms with Crippen molar-refractivity contribution in [2.45, 2.75) is 6.92 Å². The molecule has 2 heterocycles. The second-order valence-electron chi connectivity index (χ2n) is 3.38. The summed E-state index contributed by atoms with van der Waals surface area (Å²) >= 11 is 2.85. The number of rotatable bonds is 3. The summed E-state index contributed by atoms with van der Waals surface area (Å²) in [6.07, 6.45) is 1.59. The second kappa shape index (κ2) is 5.46. The number of nitrogens with one attached hydrogen (secondary N) is 1. The van der Waals surface area contributed by atoms with Crippen LogP contribution in [-0.4, -0.2) is 4.98 Å². The number of hydrogen-bond donors (Lipinski definition) is 1. The van der Waals surface area contributed by atoms with E-state index in [4.69, 9.17) is 10.5 Å². The number of thiophene rings is 1. The van der Waals surface area contributed by atoms with Crippen LogP contribution < -0.4 is 5.32 Å². The van der Waals surface area contributed by atoms with Crippen LogP contribution in [0.2, 0.25) is 0 Å². The minimum Gasteiger partial charge on any atom is -0.351 e. The van der Waals surface area contributed by atoms with Crippen LogP contribution in [0.25, 0.3) is 5.57 Å². The van der Waals surface area contributed by atoms with Crippen molar-refractivity contribution in [2.24, 2.45) is 0 Å². The highest BCUT2D eigenvalue weighted by Gasteiger charge is 2.06. The molecule has 0 saturated heterocycles. The Kier molecular flexibility index (Phi) is 3.73. The predicted molar refractivity (Wildman–Crippen MR) is 73.1 cm³/mol. The van der Waals surface area contributed by atoms with Crippen LogP contribution in [0.4, 0.5) is 5.00 Å². The van der Waals surface area contributed by atoms with Gasteiger partial charge in [-0.25, -0.2) is 4.98 Å². The molecule has 0 atom stereocenters. The number of aromatic nitrogens is 1. The SMILES string of the molecule is Cc1csc(/C(C#N)=C/Nc2sccc2C#N)n1. The van der Waals surface area contributed by atoms with Gasteiger partial charge in [0.15, 0.2) is 0 Å². The van der Waals surface area contributed by atoms with Gasteiger partial charge in [0.05, 0.1) is 5.56 Å². The standard InChI is InChI=1S/C12H8N4S2/c1-8-7-18-12(16-8)10(5-14)6-15-11-9(4-13)2-3-17-11/h2-3,6-7,15H,1H3/b10-6+. The number of nitrogens with zero attached hydrogens (tertiary/aromatic N) is 3. The Morgan fingerprint density at radius 3 is 2.89 bits per heavy atom. The van der Waals surface area contributed by atoms with Gasteiger partial charge in [-0.15, -0.1) is 22.7 Å². The quantitative estimate of drug-likeness (QED) is 0.869. The molecule has 1 N–H and O–H groups in total. The maximum Gasteiger partial charge on any atom is 0.135 e. The average Bonchev–Trinajstić information content (AvgIpc) is 2.99. The largest absolute Gasteiger partial charge is 0.351 e. The molecule has 0 aromatic carbocycles. The molecule has 0 saturated carbocycles. The van der Waals surface area contributed by atoms with Gasteiger partial charge in [0.2, 0.25) is 0 Å². The van der Waals surface area contributed by atoms with E-state index in [2.05, 4.69) is 22.4 Å². The smallest absolute Gasteiger partial charge is 0.135 e. The highest BCUT2D eigenvalue weighted by molar-refractivity contribution is 7.14. The topological polar surface area (TPSA) is 72.5 Å². The molecule has 18 heavy (non-hydrogen) atoms. The van der Waals surface area contributed by atoms with Crippen molar-refractivity contribution in [3.8, 4) is 12.1 Å². The van der Waals surface area contributed by atoms with Gasteiger partial charge in [0, 0.05) is 17.3 Å².